The Morgan fingerprint density at radius 1 is 0.771 bits per heavy atom. The number of aromatic carboxylic acids is 2. The fourth-order valence-electron chi connectivity index (χ4n) is 3.77. The number of rotatable bonds is 7. The van der Waals surface area contributed by atoms with Crippen LogP contribution in [0.25, 0.3) is 0 Å². The van der Waals surface area contributed by atoms with Gasteiger partial charge >= 0.3 is 11.9 Å². The van der Waals surface area contributed by atoms with Crippen LogP contribution < -0.4 is 5.73 Å². The second-order valence-corrected chi connectivity index (χ2v) is 8.11. The molecule has 1 fully saturated rings. The number of carboxylic acids is 2. The zero-order chi connectivity index (χ0) is 25.9. The molecule has 1 saturated heterocycles. The van der Waals surface area contributed by atoms with E-state index in [9.17, 15) is 42.6 Å². The van der Waals surface area contributed by atoms with Gasteiger partial charge in [0.1, 0.15) is 5.82 Å². The van der Waals surface area contributed by atoms with Crippen molar-refractivity contribution in [2.45, 2.75) is 18.9 Å². The third-order valence-corrected chi connectivity index (χ3v) is 5.60. The van der Waals surface area contributed by atoms with Crippen LogP contribution in [0.1, 0.15) is 43.1 Å². The molecule has 4 N–H and O–H groups in total. The molecule has 0 bridgehead atoms. The third kappa shape index (κ3) is 6.15. The first kappa shape index (κ1) is 25.7. The van der Waals surface area contributed by atoms with Crippen LogP contribution in [0.15, 0.2) is 30.3 Å². The average Bonchev–Trinajstić information content (AvgIpc) is 2.81. The molecule has 1 heterocycles. The molecule has 1 aliphatic heterocycles. The van der Waals surface area contributed by atoms with Crippen molar-refractivity contribution >= 4 is 23.8 Å². The van der Waals surface area contributed by atoms with Gasteiger partial charge in [0.15, 0.2) is 11.6 Å². The maximum Gasteiger partial charge on any atom is 0.335 e. The molecule has 0 spiro atoms. The summed E-state index contributed by atoms with van der Waals surface area (Å²) < 4.78 is 40.3. The molecule has 2 amide bonds. The molecule has 9 nitrogen and oxygen atoms in total. The first-order valence-electron chi connectivity index (χ1n) is 10.5. The number of piperazine rings is 1. The van der Waals surface area contributed by atoms with Crippen molar-refractivity contribution in [2.24, 2.45) is 5.73 Å². The molecule has 1 atom stereocenters. The predicted octanol–water partition coefficient (Wildman–Crippen LogP) is 1.74. The van der Waals surface area contributed by atoms with Gasteiger partial charge in [-0.15, -0.1) is 0 Å². The lowest BCUT2D eigenvalue weighted by atomic mass is 10.0. The van der Waals surface area contributed by atoms with Crippen molar-refractivity contribution in [1.82, 2.24) is 9.80 Å². The standard InChI is InChI=1S/C23H22F3N3O6/c24-17-11-19(26)18(25)9-12(17)8-16(27)10-20(30)28-1-3-29(4-2-28)21(31)13-5-14(22(32)33)7-15(6-13)23(34)35/h5-7,9,11,16H,1-4,8,10,27H2,(H,32,33)(H,34,35)/t16-/m1/s1. The topological polar surface area (TPSA) is 141 Å². The Hall–Kier alpha value is -3.93. The summed E-state index contributed by atoms with van der Waals surface area (Å²) in [6.07, 6.45) is -0.367. The van der Waals surface area contributed by atoms with E-state index in [1.165, 1.54) is 9.80 Å². The Morgan fingerprint density at radius 3 is 1.80 bits per heavy atom. The van der Waals surface area contributed by atoms with Gasteiger partial charge in [0.05, 0.1) is 11.1 Å². The number of nitrogens with zero attached hydrogens (tertiary/aromatic N) is 2. The van der Waals surface area contributed by atoms with E-state index in [1.807, 2.05) is 0 Å². The Morgan fingerprint density at radius 2 is 1.26 bits per heavy atom. The Bertz CT molecular complexity index is 1150. The van der Waals surface area contributed by atoms with Crippen molar-refractivity contribution < 1.29 is 42.6 Å². The van der Waals surface area contributed by atoms with Gasteiger partial charge in [-0.05, 0) is 36.2 Å². The van der Waals surface area contributed by atoms with E-state index in [4.69, 9.17) is 5.73 Å². The number of nitrogens with two attached hydrogens (primary N) is 1. The number of benzene rings is 2. The molecule has 2 aromatic carbocycles. The predicted molar refractivity (Wildman–Crippen MR) is 115 cm³/mol. The van der Waals surface area contributed by atoms with Crippen LogP contribution >= 0.6 is 0 Å². The highest BCUT2D eigenvalue weighted by molar-refractivity contribution is 6.01. The zero-order valence-electron chi connectivity index (χ0n) is 18.3. The zero-order valence-corrected chi connectivity index (χ0v) is 18.3. The van der Waals surface area contributed by atoms with E-state index in [1.54, 1.807) is 0 Å². The lowest BCUT2D eigenvalue weighted by Gasteiger charge is -2.35. The summed E-state index contributed by atoms with van der Waals surface area (Å²) in [6, 6.07) is 3.40. The lowest BCUT2D eigenvalue weighted by molar-refractivity contribution is -0.133. The molecular formula is C23H22F3N3O6. The molecule has 12 heteroatoms. The largest absolute Gasteiger partial charge is 0.478 e. The van der Waals surface area contributed by atoms with Crippen molar-refractivity contribution in [3.63, 3.8) is 0 Å². The Labute approximate surface area is 197 Å². The van der Waals surface area contributed by atoms with Crippen LogP contribution in [0.2, 0.25) is 0 Å². The first-order chi connectivity index (χ1) is 16.5. The minimum atomic E-state index is -1.38. The molecule has 0 aromatic heterocycles. The number of hydrogen-bond donors (Lipinski definition) is 3. The van der Waals surface area contributed by atoms with Gasteiger partial charge in [-0.3, -0.25) is 9.59 Å². The van der Waals surface area contributed by atoms with Gasteiger partial charge < -0.3 is 25.7 Å². The van der Waals surface area contributed by atoms with Gasteiger partial charge in [-0.25, -0.2) is 22.8 Å². The van der Waals surface area contributed by atoms with E-state index < -0.39 is 41.3 Å². The van der Waals surface area contributed by atoms with E-state index in [0.717, 1.165) is 18.2 Å². The van der Waals surface area contributed by atoms with Gasteiger partial charge in [0, 0.05) is 50.3 Å². The Kier molecular flexibility index (Phi) is 7.75. The second kappa shape index (κ2) is 10.6. The van der Waals surface area contributed by atoms with Crippen LogP contribution in [-0.4, -0.2) is 76.0 Å². The molecule has 0 unspecified atom stereocenters. The molecule has 2 aromatic rings. The first-order valence-corrected chi connectivity index (χ1v) is 10.5. The smallest absolute Gasteiger partial charge is 0.335 e. The van der Waals surface area contributed by atoms with Gasteiger partial charge in [0.25, 0.3) is 5.91 Å². The number of halogens is 3. The maximum absolute atomic E-state index is 13.8. The quantitative estimate of drug-likeness (QED) is 0.499. The molecule has 0 saturated carbocycles. The summed E-state index contributed by atoms with van der Waals surface area (Å²) in [5, 5.41) is 18.4. The number of carboxylic acid groups (broad SMARTS) is 2. The van der Waals surface area contributed by atoms with E-state index in [2.05, 4.69) is 0 Å². The van der Waals surface area contributed by atoms with Gasteiger partial charge in [-0.1, -0.05) is 0 Å². The normalized spacial score (nSPS) is 14.5. The SMILES string of the molecule is N[C@@H](CC(=O)N1CCN(C(=O)c2cc(C(=O)O)cc(C(=O)O)c2)CC1)Cc1cc(F)c(F)cc1F. The van der Waals surface area contributed by atoms with Crippen LogP contribution in [0.5, 0.6) is 0 Å². The van der Waals surface area contributed by atoms with Crippen LogP contribution in [0.4, 0.5) is 13.2 Å². The molecule has 3 rings (SSSR count). The second-order valence-electron chi connectivity index (χ2n) is 8.11. The summed E-state index contributed by atoms with van der Waals surface area (Å²) in [5.41, 5.74) is 4.98. The number of hydrogen-bond acceptors (Lipinski definition) is 5. The molecule has 186 valence electrons. The van der Waals surface area contributed by atoms with Crippen molar-refractivity contribution in [3.8, 4) is 0 Å². The van der Waals surface area contributed by atoms with Crippen molar-refractivity contribution in [1.29, 1.82) is 0 Å². The average molecular weight is 493 g/mol. The van der Waals surface area contributed by atoms with Crippen LogP contribution in [0, 0.1) is 17.5 Å². The molecule has 0 radical (unpaired) electrons. The van der Waals surface area contributed by atoms with Crippen molar-refractivity contribution in [2.75, 3.05) is 26.2 Å². The maximum atomic E-state index is 13.8. The van der Waals surface area contributed by atoms with E-state index in [0.29, 0.717) is 12.1 Å². The van der Waals surface area contributed by atoms with Crippen LogP contribution in [0.3, 0.4) is 0 Å². The monoisotopic (exact) mass is 493 g/mol. The highest BCUT2D eigenvalue weighted by Crippen LogP contribution is 2.18. The third-order valence-electron chi connectivity index (χ3n) is 5.60. The molecular weight excluding hydrogens is 471 g/mol. The van der Waals surface area contributed by atoms with Gasteiger partial charge in [0.2, 0.25) is 5.91 Å². The minimum absolute atomic E-state index is 0.0994. The summed E-state index contributed by atoms with van der Waals surface area (Å²) >= 11 is 0. The summed E-state index contributed by atoms with van der Waals surface area (Å²) in [4.78, 5) is 50.7. The summed E-state index contributed by atoms with van der Waals surface area (Å²) in [7, 11) is 0. The highest BCUT2D eigenvalue weighted by Gasteiger charge is 2.27. The number of amides is 2. The molecule has 0 aliphatic carbocycles. The number of carbonyl (C=O) groups is 4. The lowest BCUT2D eigenvalue weighted by Crippen LogP contribution is -2.51. The fourth-order valence-corrected chi connectivity index (χ4v) is 3.77. The van der Waals surface area contributed by atoms with Gasteiger partial charge in [-0.2, -0.15) is 0 Å². The summed E-state index contributed by atoms with van der Waals surface area (Å²) in [6.45, 7) is 0.497. The van der Waals surface area contributed by atoms with Crippen LogP contribution in [-0.2, 0) is 11.2 Å². The highest BCUT2D eigenvalue weighted by atomic mass is 19.2. The van der Waals surface area contributed by atoms with E-state index >= 15 is 0 Å². The minimum Gasteiger partial charge on any atom is -0.478 e. The molecule has 35 heavy (non-hydrogen) atoms. The van der Waals surface area contributed by atoms with Crippen molar-refractivity contribution in [3.05, 3.63) is 70.0 Å². The molecule has 1 aliphatic rings. The van der Waals surface area contributed by atoms with E-state index in [-0.39, 0.29) is 67.2 Å². The summed E-state index contributed by atoms with van der Waals surface area (Å²) in [5.74, 6) is -7.20. The Balaban J connectivity index is 1.59. The number of carbonyl (C=O) groups excluding carboxylic acids is 2. The fraction of sp³-hybridized carbons (Fsp3) is 0.304.